The molecule has 0 amide bonds. The molecule has 0 atom stereocenters. The summed E-state index contributed by atoms with van der Waals surface area (Å²) in [6, 6.07) is 11.6. The summed E-state index contributed by atoms with van der Waals surface area (Å²) in [5.74, 6) is 0. The first-order chi connectivity index (χ1) is 9.97. The largest absolute Gasteiger partial charge is 0.399 e. The summed E-state index contributed by atoms with van der Waals surface area (Å²) < 4.78 is 27.4. The zero-order valence-electron chi connectivity index (χ0n) is 11.4. The molecule has 0 aliphatic rings. The van der Waals surface area contributed by atoms with Crippen molar-refractivity contribution >= 4 is 32.3 Å². The number of para-hydroxylation sites is 1. The Morgan fingerprint density at radius 3 is 2.52 bits per heavy atom. The monoisotopic (exact) mass is 301 g/mol. The van der Waals surface area contributed by atoms with Crippen molar-refractivity contribution in [3.05, 3.63) is 54.2 Å². The van der Waals surface area contributed by atoms with Gasteiger partial charge in [0.15, 0.2) is 0 Å². The summed E-state index contributed by atoms with van der Waals surface area (Å²) in [4.78, 5) is 3.27. The third-order valence-electron chi connectivity index (χ3n) is 3.36. The normalized spacial score (nSPS) is 11.7. The molecule has 0 saturated carbocycles. The highest BCUT2D eigenvalue weighted by atomic mass is 32.2. The van der Waals surface area contributed by atoms with Gasteiger partial charge in [0, 0.05) is 17.3 Å². The van der Waals surface area contributed by atoms with Crippen LogP contribution in [0.3, 0.4) is 0 Å². The van der Waals surface area contributed by atoms with E-state index < -0.39 is 10.0 Å². The highest BCUT2D eigenvalue weighted by Crippen LogP contribution is 2.27. The summed E-state index contributed by atoms with van der Waals surface area (Å²) in [6.07, 6.45) is 1.85. The number of aryl methyl sites for hydroxylation is 1. The standard InChI is InChI=1S/C15H15N3O2S/c1-10-9-17-15-13(10)3-2-4-14(15)18-21(19,20)12-7-5-11(16)6-8-12/h2-9,17-18H,16H2,1H3. The van der Waals surface area contributed by atoms with E-state index in [0.717, 1.165) is 16.5 Å². The molecule has 4 N–H and O–H groups in total. The van der Waals surface area contributed by atoms with Crippen molar-refractivity contribution in [3.63, 3.8) is 0 Å². The van der Waals surface area contributed by atoms with Gasteiger partial charge < -0.3 is 10.7 Å². The summed E-state index contributed by atoms with van der Waals surface area (Å²) in [5.41, 5.74) is 8.47. The highest BCUT2D eigenvalue weighted by Gasteiger charge is 2.16. The van der Waals surface area contributed by atoms with Crippen LogP contribution < -0.4 is 10.5 Å². The lowest BCUT2D eigenvalue weighted by Crippen LogP contribution is -2.13. The van der Waals surface area contributed by atoms with Crippen molar-refractivity contribution in [3.8, 4) is 0 Å². The first-order valence-corrected chi connectivity index (χ1v) is 7.91. The molecule has 108 valence electrons. The van der Waals surface area contributed by atoms with Gasteiger partial charge in [-0.1, -0.05) is 12.1 Å². The maximum absolute atomic E-state index is 12.4. The number of hydrogen-bond donors (Lipinski definition) is 3. The number of nitrogens with two attached hydrogens (primary N) is 1. The number of benzene rings is 2. The number of rotatable bonds is 3. The van der Waals surface area contributed by atoms with Gasteiger partial charge in [0.25, 0.3) is 10.0 Å². The predicted octanol–water partition coefficient (Wildman–Crippen LogP) is 2.86. The SMILES string of the molecule is Cc1c[nH]c2c(NS(=O)(=O)c3ccc(N)cc3)cccc12. The molecule has 0 radical (unpaired) electrons. The van der Waals surface area contributed by atoms with E-state index >= 15 is 0 Å². The lowest BCUT2D eigenvalue weighted by molar-refractivity contribution is 0.601. The predicted molar refractivity (Wildman–Crippen MR) is 84.7 cm³/mol. The molecular formula is C15H15N3O2S. The first kappa shape index (κ1) is 13.5. The molecule has 0 fully saturated rings. The van der Waals surface area contributed by atoms with E-state index in [4.69, 9.17) is 5.73 Å². The second kappa shape index (κ2) is 4.82. The number of aromatic amines is 1. The van der Waals surface area contributed by atoms with Crippen LogP contribution in [0, 0.1) is 6.92 Å². The molecule has 1 aromatic heterocycles. The molecular weight excluding hydrogens is 286 g/mol. The fourth-order valence-corrected chi connectivity index (χ4v) is 3.30. The minimum atomic E-state index is -3.64. The van der Waals surface area contributed by atoms with E-state index in [1.807, 2.05) is 25.3 Å². The second-order valence-corrected chi connectivity index (χ2v) is 6.56. The molecule has 0 saturated heterocycles. The van der Waals surface area contributed by atoms with Crippen molar-refractivity contribution in [2.45, 2.75) is 11.8 Å². The fraction of sp³-hybridized carbons (Fsp3) is 0.0667. The van der Waals surface area contributed by atoms with E-state index in [0.29, 0.717) is 11.4 Å². The van der Waals surface area contributed by atoms with Crippen LogP contribution in [0.4, 0.5) is 11.4 Å². The van der Waals surface area contributed by atoms with Gasteiger partial charge >= 0.3 is 0 Å². The third-order valence-corrected chi connectivity index (χ3v) is 4.74. The Morgan fingerprint density at radius 1 is 1.10 bits per heavy atom. The Hall–Kier alpha value is -2.47. The van der Waals surface area contributed by atoms with Crippen molar-refractivity contribution in [2.24, 2.45) is 0 Å². The molecule has 0 bridgehead atoms. The van der Waals surface area contributed by atoms with E-state index in [9.17, 15) is 8.42 Å². The molecule has 0 aliphatic heterocycles. The van der Waals surface area contributed by atoms with Gasteiger partial charge in [-0.15, -0.1) is 0 Å². The summed E-state index contributed by atoms with van der Waals surface area (Å²) in [5, 5.41) is 0.993. The molecule has 5 nitrogen and oxygen atoms in total. The number of hydrogen-bond acceptors (Lipinski definition) is 3. The molecule has 0 aliphatic carbocycles. The summed E-state index contributed by atoms with van der Waals surface area (Å²) in [7, 11) is -3.64. The average Bonchev–Trinajstić information content (AvgIpc) is 2.82. The van der Waals surface area contributed by atoms with Crippen LogP contribution in [0.15, 0.2) is 53.6 Å². The van der Waals surface area contributed by atoms with Crippen LogP contribution >= 0.6 is 0 Å². The minimum absolute atomic E-state index is 0.178. The maximum atomic E-state index is 12.4. The molecule has 0 unspecified atom stereocenters. The Bertz CT molecular complexity index is 896. The highest BCUT2D eigenvalue weighted by molar-refractivity contribution is 7.92. The maximum Gasteiger partial charge on any atom is 0.261 e. The number of anilines is 2. The van der Waals surface area contributed by atoms with Crippen LogP contribution in [0.1, 0.15) is 5.56 Å². The summed E-state index contributed by atoms with van der Waals surface area (Å²) in [6.45, 7) is 1.97. The van der Waals surface area contributed by atoms with Gasteiger partial charge in [0.2, 0.25) is 0 Å². The Labute approximate surface area is 122 Å². The van der Waals surface area contributed by atoms with Crippen molar-refractivity contribution in [1.82, 2.24) is 4.98 Å². The van der Waals surface area contributed by atoms with Gasteiger partial charge in [0.1, 0.15) is 0 Å². The number of nitrogens with one attached hydrogen (secondary N) is 2. The third kappa shape index (κ3) is 2.45. The fourth-order valence-electron chi connectivity index (χ4n) is 2.23. The average molecular weight is 301 g/mol. The zero-order chi connectivity index (χ0) is 15.0. The van der Waals surface area contributed by atoms with Crippen LogP contribution in [-0.2, 0) is 10.0 Å². The second-order valence-electron chi connectivity index (χ2n) is 4.87. The van der Waals surface area contributed by atoms with E-state index in [-0.39, 0.29) is 4.90 Å². The number of nitrogen functional groups attached to an aromatic ring is 1. The number of H-pyrrole nitrogens is 1. The quantitative estimate of drug-likeness (QED) is 0.650. The van der Waals surface area contributed by atoms with Gasteiger partial charge in [-0.05, 0) is 42.8 Å². The molecule has 6 heteroatoms. The minimum Gasteiger partial charge on any atom is -0.399 e. The van der Waals surface area contributed by atoms with Crippen LogP contribution in [0.5, 0.6) is 0 Å². The van der Waals surface area contributed by atoms with Gasteiger partial charge in [0.05, 0.1) is 16.1 Å². The lowest BCUT2D eigenvalue weighted by Gasteiger charge is -2.09. The van der Waals surface area contributed by atoms with E-state index in [1.165, 1.54) is 12.1 Å². The smallest absolute Gasteiger partial charge is 0.261 e. The molecule has 3 aromatic rings. The number of aromatic nitrogens is 1. The van der Waals surface area contributed by atoms with Gasteiger partial charge in [-0.25, -0.2) is 8.42 Å². The number of sulfonamides is 1. The van der Waals surface area contributed by atoms with E-state index in [2.05, 4.69) is 9.71 Å². The van der Waals surface area contributed by atoms with Gasteiger partial charge in [-0.2, -0.15) is 0 Å². The molecule has 1 heterocycles. The molecule has 21 heavy (non-hydrogen) atoms. The number of fused-ring (bicyclic) bond motifs is 1. The van der Waals surface area contributed by atoms with Crippen LogP contribution in [0.25, 0.3) is 10.9 Å². The van der Waals surface area contributed by atoms with Crippen molar-refractivity contribution in [1.29, 1.82) is 0 Å². The zero-order valence-corrected chi connectivity index (χ0v) is 12.2. The topological polar surface area (TPSA) is 88.0 Å². The Morgan fingerprint density at radius 2 is 1.81 bits per heavy atom. The lowest BCUT2D eigenvalue weighted by atomic mass is 10.2. The van der Waals surface area contributed by atoms with Crippen LogP contribution in [0.2, 0.25) is 0 Å². The molecule has 2 aromatic carbocycles. The van der Waals surface area contributed by atoms with Crippen molar-refractivity contribution in [2.75, 3.05) is 10.5 Å². The Balaban J connectivity index is 2.03. The molecule has 3 rings (SSSR count). The van der Waals surface area contributed by atoms with E-state index in [1.54, 1.807) is 18.2 Å². The van der Waals surface area contributed by atoms with Crippen molar-refractivity contribution < 1.29 is 8.42 Å². The Kier molecular flexibility index (Phi) is 3.10. The summed E-state index contributed by atoms with van der Waals surface area (Å²) >= 11 is 0. The van der Waals surface area contributed by atoms with Gasteiger partial charge in [-0.3, -0.25) is 4.72 Å². The molecule has 0 spiro atoms. The first-order valence-electron chi connectivity index (χ1n) is 6.42. The van der Waals surface area contributed by atoms with Crippen LogP contribution in [-0.4, -0.2) is 13.4 Å².